The molecule has 0 saturated heterocycles. The number of aromatic nitrogens is 2. The maximum Gasteiger partial charge on any atom is 0.347 e. The fourth-order valence-electron chi connectivity index (χ4n) is 1.25. The molecule has 0 aliphatic carbocycles. The summed E-state index contributed by atoms with van der Waals surface area (Å²) in [7, 11) is 0. The predicted octanol–water partition coefficient (Wildman–Crippen LogP) is 0.997. The number of carboxylic acid groups (broad SMARTS) is 1. The molecule has 84 valence electrons. The predicted molar refractivity (Wildman–Crippen MR) is 57.3 cm³/mol. The van der Waals surface area contributed by atoms with Gasteiger partial charge in [0.25, 0.3) is 0 Å². The Bertz CT molecular complexity index is 492. The normalized spacial score (nSPS) is 10.6. The van der Waals surface area contributed by atoms with E-state index in [1.807, 2.05) is 0 Å². The molecule has 0 atom stereocenters. The number of hydrogen-bond donors (Lipinski definition) is 2. The van der Waals surface area contributed by atoms with E-state index in [1.165, 1.54) is 12.6 Å². The van der Waals surface area contributed by atoms with Gasteiger partial charge in [-0.15, -0.1) is 11.3 Å². The van der Waals surface area contributed by atoms with Gasteiger partial charge in [0.05, 0.1) is 11.9 Å². The van der Waals surface area contributed by atoms with Gasteiger partial charge in [0, 0.05) is 6.42 Å². The lowest BCUT2D eigenvalue weighted by atomic mass is 10.3. The first-order valence-corrected chi connectivity index (χ1v) is 5.36. The van der Waals surface area contributed by atoms with Crippen LogP contribution in [0.4, 0.5) is 0 Å². The van der Waals surface area contributed by atoms with Gasteiger partial charge in [-0.3, -0.25) is 0 Å². The minimum absolute atomic E-state index is 0.205. The zero-order chi connectivity index (χ0) is 11.5. The van der Waals surface area contributed by atoms with Crippen LogP contribution in [0, 0.1) is 0 Å². The number of aromatic carboxylic acids is 1. The van der Waals surface area contributed by atoms with Crippen molar-refractivity contribution in [3.05, 3.63) is 23.2 Å². The van der Waals surface area contributed by atoms with Crippen molar-refractivity contribution in [3.63, 3.8) is 0 Å². The lowest BCUT2D eigenvalue weighted by Crippen LogP contribution is -2.07. The number of nitrogens with zero attached hydrogens (tertiary/aromatic N) is 2. The van der Waals surface area contributed by atoms with Crippen LogP contribution >= 0.6 is 11.3 Å². The van der Waals surface area contributed by atoms with Gasteiger partial charge in [0.2, 0.25) is 0 Å². The summed E-state index contributed by atoms with van der Waals surface area (Å²) in [5, 5.41) is 9.50. The van der Waals surface area contributed by atoms with Crippen LogP contribution in [-0.2, 0) is 6.42 Å². The van der Waals surface area contributed by atoms with Crippen LogP contribution in [0.5, 0.6) is 0 Å². The number of rotatable bonds is 4. The van der Waals surface area contributed by atoms with E-state index in [9.17, 15) is 4.79 Å². The molecule has 2 heterocycles. The van der Waals surface area contributed by atoms with E-state index in [1.54, 1.807) is 0 Å². The summed E-state index contributed by atoms with van der Waals surface area (Å²) in [5.74, 6) is -0.525. The third-order valence-corrected chi connectivity index (χ3v) is 3.02. The van der Waals surface area contributed by atoms with E-state index in [0.29, 0.717) is 29.4 Å². The van der Waals surface area contributed by atoms with E-state index in [-0.39, 0.29) is 4.88 Å². The molecular weight excluding hydrogens is 230 g/mol. The van der Waals surface area contributed by atoms with Crippen LogP contribution in [-0.4, -0.2) is 27.6 Å². The molecule has 0 bridgehead atoms. The van der Waals surface area contributed by atoms with Crippen molar-refractivity contribution < 1.29 is 14.3 Å². The van der Waals surface area contributed by atoms with Gasteiger partial charge in [-0.05, 0) is 6.54 Å². The van der Waals surface area contributed by atoms with Gasteiger partial charge in [0.1, 0.15) is 4.88 Å². The number of thiazole rings is 1. The summed E-state index contributed by atoms with van der Waals surface area (Å²) in [6, 6.07) is 0. The average molecular weight is 239 g/mol. The Kier molecular flexibility index (Phi) is 2.97. The molecule has 0 amide bonds. The molecule has 0 aliphatic rings. The van der Waals surface area contributed by atoms with E-state index in [2.05, 4.69) is 9.97 Å². The first-order valence-electron chi connectivity index (χ1n) is 4.54. The highest BCUT2D eigenvalue weighted by atomic mass is 32.1. The second-order valence-electron chi connectivity index (χ2n) is 3.00. The van der Waals surface area contributed by atoms with E-state index < -0.39 is 5.97 Å². The van der Waals surface area contributed by atoms with Crippen LogP contribution in [0.15, 0.2) is 17.0 Å². The summed E-state index contributed by atoms with van der Waals surface area (Å²) in [5.41, 5.74) is 5.89. The monoisotopic (exact) mass is 239 g/mol. The summed E-state index contributed by atoms with van der Waals surface area (Å²) in [6.45, 7) is 0.361. The average Bonchev–Trinajstić information content (AvgIpc) is 2.83. The lowest BCUT2D eigenvalue weighted by molar-refractivity contribution is 0.0701. The first kappa shape index (κ1) is 10.8. The highest BCUT2D eigenvalue weighted by Gasteiger charge is 2.18. The smallest absolute Gasteiger partial charge is 0.347 e. The third kappa shape index (κ3) is 1.95. The Balaban J connectivity index is 2.42. The van der Waals surface area contributed by atoms with Gasteiger partial charge in [-0.1, -0.05) is 0 Å². The van der Waals surface area contributed by atoms with Crippen molar-refractivity contribution in [1.29, 1.82) is 0 Å². The summed E-state index contributed by atoms with van der Waals surface area (Å²) in [4.78, 5) is 19.1. The van der Waals surface area contributed by atoms with E-state index in [0.717, 1.165) is 11.3 Å². The van der Waals surface area contributed by atoms with Crippen molar-refractivity contribution in [2.75, 3.05) is 6.54 Å². The van der Waals surface area contributed by atoms with Gasteiger partial charge in [-0.2, -0.15) is 0 Å². The number of nitrogens with two attached hydrogens (primary N) is 1. The van der Waals surface area contributed by atoms with Crippen LogP contribution in [0.25, 0.3) is 10.8 Å². The number of carboxylic acids is 1. The van der Waals surface area contributed by atoms with Crippen molar-refractivity contribution in [1.82, 2.24) is 9.97 Å². The zero-order valence-electron chi connectivity index (χ0n) is 8.21. The molecule has 0 aromatic carbocycles. The van der Waals surface area contributed by atoms with Crippen molar-refractivity contribution >= 4 is 17.3 Å². The van der Waals surface area contributed by atoms with Crippen LogP contribution in [0.2, 0.25) is 0 Å². The standard InChI is InChI=1S/C9H9N3O3S/c10-2-1-5-7(9(13)14)16-8(12-5)6-3-11-4-15-6/h3-4H,1-2,10H2,(H,13,14). The molecule has 2 aromatic heterocycles. The molecule has 6 nitrogen and oxygen atoms in total. The Hall–Kier alpha value is -1.73. The first-order chi connectivity index (χ1) is 7.72. The second kappa shape index (κ2) is 4.42. The van der Waals surface area contributed by atoms with Crippen molar-refractivity contribution in [2.24, 2.45) is 5.73 Å². The third-order valence-electron chi connectivity index (χ3n) is 1.92. The fraction of sp³-hybridized carbons (Fsp3) is 0.222. The summed E-state index contributed by atoms with van der Waals surface area (Å²) >= 11 is 1.07. The number of oxazole rings is 1. The van der Waals surface area contributed by atoms with Crippen molar-refractivity contribution in [3.8, 4) is 10.8 Å². The minimum Gasteiger partial charge on any atom is -0.477 e. The molecule has 0 fully saturated rings. The Labute approximate surface area is 94.8 Å². The Morgan fingerprint density at radius 1 is 1.62 bits per heavy atom. The van der Waals surface area contributed by atoms with Crippen LogP contribution in [0.1, 0.15) is 15.4 Å². The molecule has 2 rings (SSSR count). The molecule has 0 spiro atoms. The molecule has 2 aromatic rings. The lowest BCUT2D eigenvalue weighted by Gasteiger charge is -1.93. The molecule has 0 aliphatic heterocycles. The van der Waals surface area contributed by atoms with E-state index in [4.69, 9.17) is 15.3 Å². The molecular formula is C9H9N3O3S. The van der Waals surface area contributed by atoms with Gasteiger partial charge in [0.15, 0.2) is 17.2 Å². The number of hydrogen-bond acceptors (Lipinski definition) is 6. The van der Waals surface area contributed by atoms with Crippen LogP contribution in [0.3, 0.4) is 0 Å². The topological polar surface area (TPSA) is 102 Å². The Morgan fingerprint density at radius 3 is 3.00 bits per heavy atom. The fourth-order valence-corrected chi connectivity index (χ4v) is 2.16. The number of carbonyl (C=O) groups is 1. The summed E-state index contributed by atoms with van der Waals surface area (Å²) < 4.78 is 5.06. The molecule has 7 heteroatoms. The maximum absolute atomic E-state index is 11.0. The SMILES string of the molecule is NCCc1nc(-c2cnco2)sc1C(=O)O. The van der Waals surface area contributed by atoms with Crippen molar-refractivity contribution in [2.45, 2.75) is 6.42 Å². The molecule has 0 unspecified atom stereocenters. The largest absolute Gasteiger partial charge is 0.477 e. The molecule has 0 saturated carbocycles. The highest BCUT2D eigenvalue weighted by molar-refractivity contribution is 7.16. The molecule has 16 heavy (non-hydrogen) atoms. The van der Waals surface area contributed by atoms with Gasteiger partial charge >= 0.3 is 5.97 Å². The zero-order valence-corrected chi connectivity index (χ0v) is 9.03. The molecule has 0 radical (unpaired) electrons. The highest BCUT2D eigenvalue weighted by Crippen LogP contribution is 2.28. The van der Waals surface area contributed by atoms with Gasteiger partial charge < -0.3 is 15.3 Å². The minimum atomic E-state index is -0.994. The molecule has 3 N–H and O–H groups in total. The maximum atomic E-state index is 11.0. The quantitative estimate of drug-likeness (QED) is 0.825. The van der Waals surface area contributed by atoms with Gasteiger partial charge in [-0.25, -0.2) is 14.8 Å². The van der Waals surface area contributed by atoms with Crippen LogP contribution < -0.4 is 5.73 Å². The second-order valence-corrected chi connectivity index (χ2v) is 4.00. The summed E-state index contributed by atoms with van der Waals surface area (Å²) in [6.07, 6.45) is 3.21. The van der Waals surface area contributed by atoms with E-state index >= 15 is 0 Å². The Morgan fingerprint density at radius 2 is 2.44 bits per heavy atom.